The van der Waals surface area contributed by atoms with E-state index in [-0.39, 0.29) is 0 Å². The third kappa shape index (κ3) is 1.91. The molecule has 2 nitrogen and oxygen atoms in total. The second-order valence-corrected chi connectivity index (χ2v) is 4.66. The third-order valence-corrected chi connectivity index (χ3v) is 3.24. The Balaban J connectivity index is 2.57. The first-order valence-corrected chi connectivity index (χ1v) is 5.79. The molecule has 0 unspecified atom stereocenters. The van der Waals surface area contributed by atoms with E-state index in [4.69, 9.17) is 11.5 Å². The van der Waals surface area contributed by atoms with Gasteiger partial charge in [0.05, 0.1) is 0 Å². The van der Waals surface area contributed by atoms with Gasteiger partial charge in [0, 0.05) is 21.4 Å². The van der Waals surface area contributed by atoms with Crippen molar-refractivity contribution in [2.75, 3.05) is 11.5 Å². The van der Waals surface area contributed by atoms with E-state index in [2.05, 4.69) is 15.9 Å². The van der Waals surface area contributed by atoms with E-state index in [1.165, 1.54) is 0 Å². The minimum atomic E-state index is 0.735. The molecule has 0 aromatic heterocycles. The van der Waals surface area contributed by atoms with Crippen LogP contribution in [0.15, 0.2) is 40.9 Å². The molecule has 0 spiro atoms. The lowest BCUT2D eigenvalue weighted by Crippen LogP contribution is -1.98. The summed E-state index contributed by atoms with van der Waals surface area (Å²) in [5.74, 6) is 0. The van der Waals surface area contributed by atoms with Gasteiger partial charge in [0.2, 0.25) is 0 Å². The summed E-state index contributed by atoms with van der Waals surface area (Å²) in [4.78, 5) is 0. The monoisotopic (exact) mass is 276 g/mol. The predicted molar refractivity (Wildman–Crippen MR) is 73.1 cm³/mol. The fraction of sp³-hybridized carbons (Fsp3) is 0.0769. The zero-order chi connectivity index (χ0) is 11.7. The van der Waals surface area contributed by atoms with Crippen molar-refractivity contribution in [3.8, 4) is 11.1 Å². The molecule has 0 fully saturated rings. The number of hydrogen-bond acceptors (Lipinski definition) is 2. The summed E-state index contributed by atoms with van der Waals surface area (Å²) in [5, 5.41) is 0. The molecule has 0 radical (unpaired) electrons. The van der Waals surface area contributed by atoms with Crippen LogP contribution >= 0.6 is 15.9 Å². The normalized spacial score (nSPS) is 10.4. The van der Waals surface area contributed by atoms with Crippen LogP contribution in [-0.2, 0) is 0 Å². The molecule has 0 saturated heterocycles. The highest BCUT2D eigenvalue weighted by atomic mass is 79.9. The highest BCUT2D eigenvalue weighted by molar-refractivity contribution is 9.10. The van der Waals surface area contributed by atoms with Crippen molar-refractivity contribution in [3.63, 3.8) is 0 Å². The van der Waals surface area contributed by atoms with Crippen LogP contribution in [0, 0.1) is 6.92 Å². The molecule has 82 valence electrons. The fourth-order valence-corrected chi connectivity index (χ4v) is 1.89. The SMILES string of the molecule is Cc1c(N)ccc(-c2ccc(Br)cc2)c1N. The lowest BCUT2D eigenvalue weighted by molar-refractivity contribution is 1.46. The lowest BCUT2D eigenvalue weighted by Gasteiger charge is -2.10. The van der Waals surface area contributed by atoms with Crippen LogP contribution in [0.5, 0.6) is 0 Å². The molecule has 0 aliphatic rings. The van der Waals surface area contributed by atoms with Crippen LogP contribution in [0.3, 0.4) is 0 Å². The van der Waals surface area contributed by atoms with Crippen LogP contribution < -0.4 is 11.5 Å². The van der Waals surface area contributed by atoms with E-state index in [9.17, 15) is 0 Å². The Kier molecular flexibility index (Phi) is 2.88. The summed E-state index contributed by atoms with van der Waals surface area (Å²) >= 11 is 3.41. The standard InChI is InChI=1S/C13H13BrN2/c1-8-12(15)7-6-11(13(8)16)9-2-4-10(14)5-3-9/h2-7H,15-16H2,1H3. The number of anilines is 2. The first kappa shape index (κ1) is 11.0. The van der Waals surface area contributed by atoms with Crippen molar-refractivity contribution in [2.45, 2.75) is 6.92 Å². The molecule has 2 aromatic carbocycles. The third-order valence-electron chi connectivity index (χ3n) is 2.71. The number of hydrogen-bond donors (Lipinski definition) is 2. The minimum absolute atomic E-state index is 0.735. The van der Waals surface area contributed by atoms with Crippen LogP contribution in [0.4, 0.5) is 11.4 Å². The second-order valence-electron chi connectivity index (χ2n) is 3.75. The Morgan fingerprint density at radius 1 is 0.938 bits per heavy atom. The van der Waals surface area contributed by atoms with Gasteiger partial charge in [0.25, 0.3) is 0 Å². The summed E-state index contributed by atoms with van der Waals surface area (Å²) in [6, 6.07) is 11.9. The first-order valence-electron chi connectivity index (χ1n) is 5.00. The van der Waals surface area contributed by atoms with Crippen molar-refractivity contribution in [2.24, 2.45) is 0 Å². The van der Waals surface area contributed by atoms with Gasteiger partial charge in [0.15, 0.2) is 0 Å². The van der Waals surface area contributed by atoms with Gasteiger partial charge >= 0.3 is 0 Å². The smallest absolute Gasteiger partial charge is 0.0444 e. The Morgan fingerprint density at radius 3 is 2.19 bits per heavy atom. The van der Waals surface area contributed by atoms with Gasteiger partial charge in [-0.2, -0.15) is 0 Å². The summed E-state index contributed by atoms with van der Waals surface area (Å²) in [5.41, 5.74) is 16.4. The van der Waals surface area contributed by atoms with Crippen LogP contribution in [0.1, 0.15) is 5.56 Å². The molecule has 0 amide bonds. The molecule has 4 N–H and O–H groups in total. The number of halogens is 1. The molecule has 0 heterocycles. The lowest BCUT2D eigenvalue weighted by atomic mass is 10.00. The van der Waals surface area contributed by atoms with E-state index in [0.717, 1.165) is 32.5 Å². The van der Waals surface area contributed by atoms with E-state index < -0.39 is 0 Å². The van der Waals surface area contributed by atoms with Crippen molar-refractivity contribution in [1.29, 1.82) is 0 Å². The van der Waals surface area contributed by atoms with Gasteiger partial charge in [-0.1, -0.05) is 34.1 Å². The van der Waals surface area contributed by atoms with Gasteiger partial charge in [-0.15, -0.1) is 0 Å². The topological polar surface area (TPSA) is 52.0 Å². The largest absolute Gasteiger partial charge is 0.398 e. The molecule has 0 saturated carbocycles. The van der Waals surface area contributed by atoms with Gasteiger partial charge < -0.3 is 11.5 Å². The van der Waals surface area contributed by atoms with Crippen molar-refractivity contribution in [3.05, 3.63) is 46.4 Å². The van der Waals surface area contributed by atoms with Crippen LogP contribution in [0.25, 0.3) is 11.1 Å². The summed E-state index contributed by atoms with van der Waals surface area (Å²) < 4.78 is 1.06. The quantitative estimate of drug-likeness (QED) is 0.783. The van der Waals surface area contributed by atoms with Crippen LogP contribution in [-0.4, -0.2) is 0 Å². The fourth-order valence-electron chi connectivity index (χ4n) is 1.63. The van der Waals surface area contributed by atoms with Crippen molar-refractivity contribution < 1.29 is 0 Å². The molecule has 0 aliphatic carbocycles. The second kappa shape index (κ2) is 4.18. The minimum Gasteiger partial charge on any atom is -0.398 e. The maximum Gasteiger partial charge on any atom is 0.0444 e. The first-order chi connectivity index (χ1) is 7.59. The average molecular weight is 277 g/mol. The molecule has 0 aliphatic heterocycles. The maximum absolute atomic E-state index is 6.06. The molecular formula is C13H13BrN2. The Bertz CT molecular complexity index is 518. The predicted octanol–water partition coefficient (Wildman–Crippen LogP) is 3.59. The number of nitrogens with two attached hydrogens (primary N) is 2. The van der Waals surface area contributed by atoms with E-state index in [1.807, 2.05) is 43.3 Å². The van der Waals surface area contributed by atoms with Crippen molar-refractivity contribution in [1.82, 2.24) is 0 Å². The summed E-state index contributed by atoms with van der Waals surface area (Å²) in [6.07, 6.45) is 0. The van der Waals surface area contributed by atoms with Gasteiger partial charge in [0.1, 0.15) is 0 Å². The van der Waals surface area contributed by atoms with E-state index >= 15 is 0 Å². The molecule has 0 atom stereocenters. The average Bonchev–Trinajstić information content (AvgIpc) is 2.28. The highest BCUT2D eigenvalue weighted by Crippen LogP contribution is 2.31. The zero-order valence-electron chi connectivity index (χ0n) is 9.00. The Labute approximate surface area is 103 Å². The molecule has 16 heavy (non-hydrogen) atoms. The molecule has 0 bridgehead atoms. The summed E-state index contributed by atoms with van der Waals surface area (Å²) in [7, 11) is 0. The Hall–Kier alpha value is -1.48. The van der Waals surface area contributed by atoms with Crippen molar-refractivity contribution >= 4 is 27.3 Å². The number of benzene rings is 2. The number of rotatable bonds is 1. The highest BCUT2D eigenvalue weighted by Gasteiger charge is 2.06. The maximum atomic E-state index is 6.06. The van der Waals surface area contributed by atoms with Gasteiger partial charge in [-0.25, -0.2) is 0 Å². The molecule has 2 rings (SSSR count). The van der Waals surface area contributed by atoms with E-state index in [0.29, 0.717) is 0 Å². The zero-order valence-corrected chi connectivity index (χ0v) is 10.6. The van der Waals surface area contributed by atoms with Gasteiger partial charge in [-0.3, -0.25) is 0 Å². The molecule has 2 aromatic rings. The van der Waals surface area contributed by atoms with Gasteiger partial charge in [-0.05, 0) is 36.2 Å². The van der Waals surface area contributed by atoms with Crippen LogP contribution in [0.2, 0.25) is 0 Å². The Morgan fingerprint density at radius 2 is 1.56 bits per heavy atom. The summed E-state index contributed by atoms with van der Waals surface area (Å²) in [6.45, 7) is 1.94. The van der Waals surface area contributed by atoms with E-state index in [1.54, 1.807) is 0 Å². The molecular weight excluding hydrogens is 264 g/mol. The number of nitrogen functional groups attached to an aromatic ring is 2. The molecule has 3 heteroatoms.